The fourth-order valence-corrected chi connectivity index (χ4v) is 2.37. The van der Waals surface area contributed by atoms with Crippen molar-refractivity contribution in [3.63, 3.8) is 0 Å². The van der Waals surface area contributed by atoms with Crippen LogP contribution in [0.1, 0.15) is 32.8 Å². The average Bonchev–Trinajstić information content (AvgIpc) is 2.47. The molecule has 1 aromatic carbocycles. The van der Waals surface area contributed by atoms with Crippen molar-refractivity contribution in [1.82, 2.24) is 4.98 Å². The molecule has 3 nitrogen and oxygen atoms in total. The van der Waals surface area contributed by atoms with Gasteiger partial charge in [0.05, 0.1) is 5.52 Å². The average molecular weight is 271 g/mol. The second-order valence-corrected chi connectivity index (χ2v) is 5.10. The van der Waals surface area contributed by atoms with Gasteiger partial charge in [-0.05, 0) is 38.0 Å². The molecule has 106 valence electrons. The summed E-state index contributed by atoms with van der Waals surface area (Å²) in [4.78, 5) is 16.9. The molecule has 1 heterocycles. The van der Waals surface area contributed by atoms with E-state index in [0.29, 0.717) is 19.4 Å². The molecule has 0 saturated heterocycles. The van der Waals surface area contributed by atoms with E-state index in [0.717, 1.165) is 16.5 Å². The molecule has 1 unspecified atom stereocenters. The maximum atomic E-state index is 12.6. The Kier molecular flexibility index (Phi) is 4.50. The van der Waals surface area contributed by atoms with Gasteiger partial charge in [0, 0.05) is 24.6 Å². The monoisotopic (exact) mass is 271 g/mol. The number of para-hydroxylation sites is 1. The van der Waals surface area contributed by atoms with Crippen molar-refractivity contribution in [3.8, 4) is 0 Å². The van der Waals surface area contributed by atoms with E-state index in [9.17, 15) is 4.79 Å². The normalized spacial score (nSPS) is 14.2. The molecule has 0 saturated carbocycles. The molecule has 0 amide bonds. The summed E-state index contributed by atoms with van der Waals surface area (Å²) >= 11 is 0. The van der Waals surface area contributed by atoms with Crippen LogP contribution in [-0.2, 0) is 16.0 Å². The summed E-state index contributed by atoms with van der Waals surface area (Å²) in [5, 5.41) is 1.04. The highest BCUT2D eigenvalue weighted by atomic mass is 16.5. The molecule has 20 heavy (non-hydrogen) atoms. The molecule has 0 N–H and O–H groups in total. The molecule has 1 aromatic heterocycles. The van der Waals surface area contributed by atoms with Gasteiger partial charge < -0.3 is 4.74 Å². The number of fused-ring (bicyclic) bond motifs is 1. The second-order valence-electron chi connectivity index (χ2n) is 5.10. The van der Waals surface area contributed by atoms with Gasteiger partial charge in [-0.25, -0.2) is 0 Å². The number of carbonyl (C=O) groups excluding carboxylic acids is 1. The van der Waals surface area contributed by atoms with E-state index >= 15 is 0 Å². The fourth-order valence-electron chi connectivity index (χ4n) is 2.37. The zero-order chi connectivity index (χ0) is 14.6. The van der Waals surface area contributed by atoms with Crippen LogP contribution in [-0.4, -0.2) is 23.0 Å². The summed E-state index contributed by atoms with van der Waals surface area (Å²) in [7, 11) is 0. The van der Waals surface area contributed by atoms with E-state index in [2.05, 4.69) is 4.98 Å². The molecule has 0 fully saturated rings. The Labute approximate surface area is 120 Å². The number of hydrogen-bond acceptors (Lipinski definition) is 3. The first-order chi connectivity index (χ1) is 9.60. The van der Waals surface area contributed by atoms with Crippen LogP contribution in [0.25, 0.3) is 10.9 Å². The molecule has 0 radical (unpaired) electrons. The van der Waals surface area contributed by atoms with Gasteiger partial charge in [0.15, 0.2) is 5.78 Å². The van der Waals surface area contributed by atoms with Crippen molar-refractivity contribution in [2.24, 2.45) is 0 Å². The summed E-state index contributed by atoms with van der Waals surface area (Å²) in [5.74, 6) is 0.123. The number of aromatic nitrogens is 1. The van der Waals surface area contributed by atoms with Crippen molar-refractivity contribution in [3.05, 3.63) is 42.1 Å². The molecule has 2 rings (SSSR count). The van der Waals surface area contributed by atoms with Crippen LogP contribution >= 0.6 is 0 Å². The lowest BCUT2D eigenvalue weighted by Gasteiger charge is -2.26. The number of hydrogen-bond donors (Lipinski definition) is 0. The summed E-state index contributed by atoms with van der Waals surface area (Å²) in [6.45, 7) is 6.33. The van der Waals surface area contributed by atoms with Crippen LogP contribution in [0, 0.1) is 0 Å². The zero-order valence-corrected chi connectivity index (χ0v) is 12.3. The topological polar surface area (TPSA) is 39.2 Å². The predicted molar refractivity (Wildman–Crippen MR) is 80.8 cm³/mol. The van der Waals surface area contributed by atoms with Gasteiger partial charge >= 0.3 is 0 Å². The van der Waals surface area contributed by atoms with Crippen molar-refractivity contribution < 1.29 is 9.53 Å². The Morgan fingerprint density at radius 1 is 1.25 bits per heavy atom. The lowest BCUT2D eigenvalue weighted by Crippen LogP contribution is -2.39. The van der Waals surface area contributed by atoms with E-state index in [1.165, 1.54) is 0 Å². The lowest BCUT2D eigenvalue weighted by molar-refractivity contribution is -0.141. The van der Waals surface area contributed by atoms with E-state index < -0.39 is 5.60 Å². The van der Waals surface area contributed by atoms with Gasteiger partial charge in [0.25, 0.3) is 0 Å². The second kappa shape index (κ2) is 6.14. The molecule has 1 atom stereocenters. The van der Waals surface area contributed by atoms with Gasteiger partial charge in [-0.3, -0.25) is 9.78 Å². The van der Waals surface area contributed by atoms with Crippen LogP contribution in [0.3, 0.4) is 0 Å². The van der Waals surface area contributed by atoms with Crippen LogP contribution in [0.5, 0.6) is 0 Å². The Bertz CT molecular complexity index is 603. The summed E-state index contributed by atoms with van der Waals surface area (Å²) in [6, 6.07) is 9.82. The van der Waals surface area contributed by atoms with Crippen molar-refractivity contribution in [2.45, 2.75) is 39.2 Å². The van der Waals surface area contributed by atoms with Gasteiger partial charge in [-0.2, -0.15) is 0 Å². The number of pyridine rings is 1. The van der Waals surface area contributed by atoms with Crippen LogP contribution < -0.4 is 0 Å². The van der Waals surface area contributed by atoms with Crippen molar-refractivity contribution in [2.75, 3.05) is 6.61 Å². The molecule has 0 aliphatic carbocycles. The van der Waals surface area contributed by atoms with Crippen LogP contribution in [0.15, 0.2) is 36.5 Å². The van der Waals surface area contributed by atoms with E-state index in [1.807, 2.05) is 51.1 Å². The number of ketones is 1. The first kappa shape index (κ1) is 14.7. The summed E-state index contributed by atoms with van der Waals surface area (Å²) in [5.41, 5.74) is 1.24. The number of nitrogens with zero attached hydrogens (tertiary/aromatic N) is 1. The number of ether oxygens (including phenoxy) is 1. The SMILES string of the molecule is CCOC(C)(CC)C(=O)Cc1ccnc2ccccc12. The third kappa shape index (κ3) is 2.88. The summed E-state index contributed by atoms with van der Waals surface area (Å²) < 4.78 is 5.66. The Morgan fingerprint density at radius 3 is 2.70 bits per heavy atom. The quantitative estimate of drug-likeness (QED) is 0.806. The Morgan fingerprint density at radius 2 is 2.00 bits per heavy atom. The molecular formula is C17H21NO2. The number of benzene rings is 1. The van der Waals surface area contributed by atoms with Crippen LogP contribution in [0.2, 0.25) is 0 Å². The lowest BCUT2D eigenvalue weighted by atomic mass is 9.91. The molecule has 0 bridgehead atoms. The van der Waals surface area contributed by atoms with Crippen molar-refractivity contribution >= 4 is 16.7 Å². The molecule has 0 spiro atoms. The van der Waals surface area contributed by atoms with Crippen molar-refractivity contribution in [1.29, 1.82) is 0 Å². The minimum Gasteiger partial charge on any atom is -0.368 e. The van der Waals surface area contributed by atoms with E-state index in [-0.39, 0.29) is 5.78 Å². The predicted octanol–water partition coefficient (Wildman–Crippen LogP) is 3.55. The first-order valence-corrected chi connectivity index (χ1v) is 7.10. The largest absolute Gasteiger partial charge is 0.368 e. The smallest absolute Gasteiger partial charge is 0.168 e. The highest BCUT2D eigenvalue weighted by Gasteiger charge is 2.31. The highest BCUT2D eigenvalue weighted by Crippen LogP contribution is 2.22. The van der Waals surface area contributed by atoms with Gasteiger partial charge in [-0.1, -0.05) is 25.1 Å². The number of rotatable bonds is 6. The van der Waals surface area contributed by atoms with E-state index in [1.54, 1.807) is 6.20 Å². The first-order valence-electron chi connectivity index (χ1n) is 7.10. The minimum atomic E-state index is -0.695. The standard InChI is InChI=1S/C17H21NO2/c1-4-17(3,20-5-2)16(19)12-13-10-11-18-15-9-7-6-8-14(13)15/h6-11H,4-5,12H2,1-3H3. The molecule has 3 heteroatoms. The molecule has 0 aliphatic heterocycles. The van der Waals surface area contributed by atoms with Crippen LogP contribution in [0.4, 0.5) is 0 Å². The summed E-state index contributed by atoms with van der Waals surface area (Å²) in [6.07, 6.45) is 2.82. The Balaban J connectivity index is 2.30. The Hall–Kier alpha value is -1.74. The van der Waals surface area contributed by atoms with E-state index in [4.69, 9.17) is 4.74 Å². The molecule has 2 aromatic rings. The van der Waals surface area contributed by atoms with Gasteiger partial charge in [0.2, 0.25) is 0 Å². The third-order valence-corrected chi connectivity index (χ3v) is 3.82. The molecular weight excluding hydrogens is 250 g/mol. The minimum absolute atomic E-state index is 0.123. The van der Waals surface area contributed by atoms with Gasteiger partial charge in [-0.15, -0.1) is 0 Å². The third-order valence-electron chi connectivity index (χ3n) is 3.82. The maximum Gasteiger partial charge on any atom is 0.168 e. The molecule has 0 aliphatic rings. The zero-order valence-electron chi connectivity index (χ0n) is 12.3. The highest BCUT2D eigenvalue weighted by molar-refractivity contribution is 5.93. The maximum absolute atomic E-state index is 12.6. The van der Waals surface area contributed by atoms with Gasteiger partial charge in [0.1, 0.15) is 5.60 Å². The number of carbonyl (C=O) groups is 1. The fraction of sp³-hybridized carbons (Fsp3) is 0.412. The number of Topliss-reactive ketones (excluding diaryl/α,β-unsaturated/α-hetero) is 1.